The Morgan fingerprint density at radius 3 is 2.65 bits per heavy atom. The molecule has 0 radical (unpaired) electrons. The summed E-state index contributed by atoms with van der Waals surface area (Å²) in [5.74, 6) is 0. The average molecular weight is 303 g/mol. The molecule has 1 aromatic carbocycles. The molecule has 0 saturated heterocycles. The number of nitrogens with one attached hydrogen (secondary N) is 1. The van der Waals surface area contributed by atoms with Crippen LogP contribution in [-0.4, -0.2) is 26.1 Å². The molecule has 102 valence electrons. The van der Waals surface area contributed by atoms with Gasteiger partial charge in [0.15, 0.2) is 0 Å². The number of hydrogen-bond acceptors (Lipinski definition) is 4. The van der Waals surface area contributed by atoms with Crippen molar-refractivity contribution in [2.45, 2.75) is 24.3 Å². The van der Waals surface area contributed by atoms with Gasteiger partial charge in [0.1, 0.15) is 6.61 Å². The number of carbonyl (C=O) groups excluding carboxylic acids is 1. The summed E-state index contributed by atoms with van der Waals surface area (Å²) in [5, 5.41) is 2.08. The first-order valence-electron chi connectivity index (χ1n) is 5.89. The van der Waals surface area contributed by atoms with Crippen LogP contribution in [0.4, 0.5) is 4.79 Å². The maximum atomic E-state index is 11.5. The van der Waals surface area contributed by atoms with Crippen molar-refractivity contribution in [1.82, 2.24) is 5.32 Å². The number of carbonyl (C=O) groups is 1. The van der Waals surface area contributed by atoms with Gasteiger partial charge in [-0.25, -0.2) is 4.79 Å². The van der Waals surface area contributed by atoms with Crippen molar-refractivity contribution in [3.8, 4) is 0 Å². The second-order valence-corrected chi connectivity index (χ2v) is 5.36. The van der Waals surface area contributed by atoms with Gasteiger partial charge in [-0.05, 0) is 23.1 Å². The fourth-order valence-corrected chi connectivity index (χ4v) is 2.41. The van der Waals surface area contributed by atoms with Crippen molar-refractivity contribution in [3.05, 3.63) is 48.0 Å². The van der Waals surface area contributed by atoms with E-state index in [0.717, 1.165) is 5.56 Å². The molecule has 7 heteroatoms. The maximum Gasteiger partial charge on any atom is 1.00 e. The average Bonchev–Trinajstić information content (AvgIpc) is 2.86. The Morgan fingerprint density at radius 2 is 2.05 bits per heavy atom. The molecule has 0 fully saturated rings. The summed E-state index contributed by atoms with van der Waals surface area (Å²) in [6, 6.07) is 9.05. The molecule has 1 aliphatic rings. The van der Waals surface area contributed by atoms with Crippen LogP contribution in [0.3, 0.4) is 0 Å². The van der Waals surface area contributed by atoms with Gasteiger partial charge in [-0.3, -0.25) is 4.21 Å². The van der Waals surface area contributed by atoms with E-state index in [-0.39, 0.29) is 42.2 Å². The molecule has 5 nitrogen and oxygen atoms in total. The zero-order chi connectivity index (χ0) is 13.7. The quantitative estimate of drug-likeness (QED) is 0.417. The Hall–Kier alpha value is -0.660. The zero-order valence-corrected chi connectivity index (χ0v) is 14.0. The Kier molecular flexibility index (Phi) is 7.47. The molecule has 1 N–H and O–H groups in total. The van der Waals surface area contributed by atoms with Crippen LogP contribution in [0.1, 0.15) is 12.0 Å². The van der Waals surface area contributed by atoms with Crippen molar-refractivity contribution in [2.24, 2.45) is 0 Å². The van der Waals surface area contributed by atoms with Crippen molar-refractivity contribution in [1.29, 1.82) is 0 Å². The molecule has 0 heterocycles. The monoisotopic (exact) mass is 303 g/mol. The van der Waals surface area contributed by atoms with Crippen LogP contribution in [0.15, 0.2) is 42.5 Å². The largest absolute Gasteiger partial charge is 1.00 e. The predicted octanol–water partition coefficient (Wildman–Crippen LogP) is -1.51. The first-order chi connectivity index (χ1) is 9.15. The van der Waals surface area contributed by atoms with E-state index in [1.54, 1.807) is 12.2 Å². The van der Waals surface area contributed by atoms with Crippen LogP contribution in [0, 0.1) is 0 Å². The van der Waals surface area contributed by atoms with Gasteiger partial charge < -0.3 is 14.6 Å². The van der Waals surface area contributed by atoms with E-state index in [1.165, 1.54) is 0 Å². The minimum absolute atomic E-state index is 0. The summed E-state index contributed by atoms with van der Waals surface area (Å²) in [4.78, 5) is 11.5. The number of ether oxygens (including phenoxy) is 1. The molecular formula is C13H14NNaO4S. The minimum Gasteiger partial charge on any atom is -0.772 e. The Morgan fingerprint density at radius 1 is 1.35 bits per heavy atom. The van der Waals surface area contributed by atoms with Gasteiger partial charge in [-0.15, -0.1) is 0 Å². The predicted molar refractivity (Wildman–Crippen MR) is 70.0 cm³/mol. The third kappa shape index (κ3) is 5.38. The molecule has 3 atom stereocenters. The zero-order valence-electron chi connectivity index (χ0n) is 11.2. The summed E-state index contributed by atoms with van der Waals surface area (Å²) in [6.45, 7) is 0.194. The van der Waals surface area contributed by atoms with Crippen molar-refractivity contribution in [3.63, 3.8) is 0 Å². The van der Waals surface area contributed by atoms with Gasteiger partial charge in [0.2, 0.25) is 0 Å². The van der Waals surface area contributed by atoms with Gasteiger partial charge in [0.05, 0.1) is 6.04 Å². The Bertz CT molecular complexity index is 494. The summed E-state index contributed by atoms with van der Waals surface area (Å²) in [7, 11) is 0. The third-order valence-corrected chi connectivity index (χ3v) is 3.65. The van der Waals surface area contributed by atoms with E-state index < -0.39 is 22.4 Å². The number of hydrogen-bond donors (Lipinski definition) is 1. The molecule has 1 amide bonds. The molecule has 0 spiro atoms. The van der Waals surface area contributed by atoms with Crippen LogP contribution in [-0.2, 0) is 22.4 Å². The molecule has 20 heavy (non-hydrogen) atoms. The van der Waals surface area contributed by atoms with Crippen molar-refractivity contribution < 1.29 is 47.9 Å². The van der Waals surface area contributed by atoms with E-state index in [9.17, 15) is 13.6 Å². The van der Waals surface area contributed by atoms with Crippen LogP contribution in [0.5, 0.6) is 0 Å². The second kappa shape index (κ2) is 8.59. The molecule has 1 aliphatic carbocycles. The van der Waals surface area contributed by atoms with E-state index in [1.807, 2.05) is 30.3 Å². The first kappa shape index (κ1) is 17.4. The fraction of sp³-hybridized carbons (Fsp3) is 0.308. The number of alkyl carbamates (subject to hydrolysis) is 1. The van der Waals surface area contributed by atoms with Crippen LogP contribution in [0.2, 0.25) is 0 Å². The Balaban J connectivity index is 0.00000200. The van der Waals surface area contributed by atoms with E-state index in [2.05, 4.69) is 5.32 Å². The minimum atomic E-state index is -2.14. The normalized spacial score (nSPS) is 21.9. The van der Waals surface area contributed by atoms with Crippen LogP contribution >= 0.6 is 0 Å². The smallest absolute Gasteiger partial charge is 0.772 e. The third-order valence-electron chi connectivity index (χ3n) is 2.81. The van der Waals surface area contributed by atoms with Crippen LogP contribution in [0.25, 0.3) is 0 Å². The molecule has 1 aromatic rings. The number of rotatable bonds is 4. The van der Waals surface area contributed by atoms with E-state index in [4.69, 9.17) is 4.74 Å². The van der Waals surface area contributed by atoms with Crippen molar-refractivity contribution >= 4 is 17.2 Å². The topological polar surface area (TPSA) is 78.5 Å². The molecule has 0 saturated carbocycles. The summed E-state index contributed by atoms with van der Waals surface area (Å²) >= 11 is -2.14. The van der Waals surface area contributed by atoms with E-state index in [0.29, 0.717) is 6.42 Å². The SMILES string of the molecule is O=C(N[C@H]1C=C[C@@H](S(=O)[O-])C1)OCc1ccccc1.[Na+]. The van der Waals surface area contributed by atoms with Gasteiger partial charge in [0, 0.05) is 5.25 Å². The van der Waals surface area contributed by atoms with Gasteiger partial charge in [-0.2, -0.15) is 0 Å². The summed E-state index contributed by atoms with van der Waals surface area (Å²) < 4.78 is 26.5. The number of amides is 1. The molecular weight excluding hydrogens is 289 g/mol. The fourth-order valence-electron chi connectivity index (χ4n) is 1.83. The first-order valence-corrected chi connectivity index (χ1v) is 7.02. The maximum absolute atomic E-state index is 11.5. The van der Waals surface area contributed by atoms with Gasteiger partial charge >= 0.3 is 35.7 Å². The van der Waals surface area contributed by atoms with Gasteiger partial charge in [0.25, 0.3) is 0 Å². The molecule has 2 rings (SSSR count). The summed E-state index contributed by atoms with van der Waals surface area (Å²) in [6.07, 6.45) is 3.06. The molecule has 0 aliphatic heterocycles. The second-order valence-electron chi connectivity index (χ2n) is 4.23. The molecule has 0 aromatic heterocycles. The summed E-state index contributed by atoms with van der Waals surface area (Å²) in [5.41, 5.74) is 0.901. The van der Waals surface area contributed by atoms with E-state index >= 15 is 0 Å². The van der Waals surface area contributed by atoms with Crippen molar-refractivity contribution in [2.75, 3.05) is 0 Å². The standard InChI is InChI=1S/C13H15NO4S.Na/c15-13(18-9-10-4-2-1-3-5-10)14-11-6-7-12(8-11)19(16)17;/h1-7,11-12H,8-9H2,(H,14,15)(H,16,17);/q;+1/p-1/t11-,12+;/m0./s1. The molecule has 0 bridgehead atoms. The van der Waals surface area contributed by atoms with Gasteiger partial charge in [-0.1, -0.05) is 42.5 Å². The van der Waals surface area contributed by atoms with Crippen LogP contribution < -0.4 is 34.9 Å². The Labute approximate surface area is 142 Å². The molecule has 1 unspecified atom stereocenters. The number of benzene rings is 1.